The molecule has 3 nitrogen and oxygen atoms in total. The summed E-state index contributed by atoms with van der Waals surface area (Å²) in [6.45, 7) is 2.27. The molecule has 0 aromatic heterocycles. The third kappa shape index (κ3) is 1.10. The summed E-state index contributed by atoms with van der Waals surface area (Å²) in [6.07, 6.45) is 1.81. The van der Waals surface area contributed by atoms with Crippen molar-refractivity contribution >= 4 is 5.91 Å². The molecular weight excluding hydrogens is 128 g/mol. The monoisotopic (exact) mass is 138 g/mol. The van der Waals surface area contributed by atoms with Gasteiger partial charge in [-0.1, -0.05) is 0 Å². The molecule has 0 aromatic carbocycles. The second-order valence-electron chi connectivity index (χ2n) is 2.50. The number of likely N-dealkylation sites (tertiary alicyclic amines) is 1. The van der Waals surface area contributed by atoms with Gasteiger partial charge in [0.25, 0.3) is 0 Å². The molecule has 0 aromatic rings. The third-order valence-corrected chi connectivity index (χ3v) is 1.81. The van der Waals surface area contributed by atoms with E-state index < -0.39 is 0 Å². The Labute approximate surface area is 60.2 Å². The highest BCUT2D eigenvalue weighted by Crippen LogP contribution is 2.15. The summed E-state index contributed by atoms with van der Waals surface area (Å²) in [7, 11) is 0. The lowest BCUT2D eigenvalue weighted by molar-refractivity contribution is -0.128. The van der Waals surface area contributed by atoms with Crippen molar-refractivity contribution in [2.45, 2.75) is 25.8 Å². The lowest BCUT2D eigenvalue weighted by Gasteiger charge is -2.16. The largest absolute Gasteiger partial charge is 0.327 e. The van der Waals surface area contributed by atoms with E-state index in [0.29, 0.717) is 0 Å². The maximum Gasteiger partial charge on any atom is 0.220 e. The van der Waals surface area contributed by atoms with Crippen molar-refractivity contribution < 1.29 is 4.79 Å². The van der Waals surface area contributed by atoms with Crippen molar-refractivity contribution in [3.8, 4) is 6.07 Å². The number of hydrogen-bond donors (Lipinski definition) is 0. The van der Waals surface area contributed by atoms with Crippen LogP contribution in [0.2, 0.25) is 0 Å². The summed E-state index contributed by atoms with van der Waals surface area (Å²) in [4.78, 5) is 12.4. The SMILES string of the molecule is CC(=O)N1CCCC1C#N. The van der Waals surface area contributed by atoms with E-state index in [1.807, 2.05) is 0 Å². The molecular formula is C7H10N2O. The average Bonchev–Trinajstić information content (AvgIpc) is 2.33. The number of carbonyl (C=O) groups is 1. The van der Waals surface area contributed by atoms with Crippen LogP contribution < -0.4 is 0 Å². The van der Waals surface area contributed by atoms with Crippen LogP contribution in [0.1, 0.15) is 19.8 Å². The highest BCUT2D eigenvalue weighted by Gasteiger charge is 2.25. The van der Waals surface area contributed by atoms with Gasteiger partial charge in [-0.3, -0.25) is 4.79 Å². The van der Waals surface area contributed by atoms with Crippen molar-refractivity contribution in [1.82, 2.24) is 4.90 Å². The molecule has 0 spiro atoms. The maximum absolute atomic E-state index is 10.8. The summed E-state index contributed by atoms with van der Waals surface area (Å²) in [5, 5.41) is 8.54. The first-order chi connectivity index (χ1) is 4.75. The first-order valence-electron chi connectivity index (χ1n) is 3.42. The lowest BCUT2D eigenvalue weighted by atomic mass is 10.2. The summed E-state index contributed by atoms with van der Waals surface area (Å²) in [5.41, 5.74) is 0. The summed E-state index contributed by atoms with van der Waals surface area (Å²) >= 11 is 0. The summed E-state index contributed by atoms with van der Waals surface area (Å²) in [5.74, 6) is 0.0176. The van der Waals surface area contributed by atoms with Gasteiger partial charge in [-0.2, -0.15) is 5.26 Å². The van der Waals surface area contributed by atoms with Crippen LogP contribution in [0.4, 0.5) is 0 Å². The predicted octanol–water partition coefficient (Wildman–Crippen LogP) is 0.521. The van der Waals surface area contributed by atoms with Gasteiger partial charge in [0, 0.05) is 13.5 Å². The van der Waals surface area contributed by atoms with E-state index in [-0.39, 0.29) is 11.9 Å². The van der Waals surface area contributed by atoms with Crippen LogP contribution in [-0.4, -0.2) is 23.4 Å². The first kappa shape index (κ1) is 7.07. The minimum absolute atomic E-state index is 0.0176. The van der Waals surface area contributed by atoms with Gasteiger partial charge in [-0.15, -0.1) is 0 Å². The Kier molecular flexibility index (Phi) is 1.91. The van der Waals surface area contributed by atoms with Crippen LogP contribution in [0.25, 0.3) is 0 Å². The van der Waals surface area contributed by atoms with E-state index in [9.17, 15) is 4.79 Å². The molecule has 1 saturated heterocycles. The Balaban J connectivity index is 2.61. The molecule has 0 radical (unpaired) electrons. The summed E-state index contributed by atoms with van der Waals surface area (Å²) < 4.78 is 0. The summed E-state index contributed by atoms with van der Waals surface area (Å²) in [6, 6.07) is 1.95. The Morgan fingerprint density at radius 3 is 2.90 bits per heavy atom. The Bertz CT molecular complexity index is 183. The zero-order valence-corrected chi connectivity index (χ0v) is 6.00. The Hall–Kier alpha value is -1.04. The number of nitrogens with zero attached hydrogens (tertiary/aromatic N) is 2. The fourth-order valence-electron chi connectivity index (χ4n) is 1.28. The molecule has 1 amide bonds. The van der Waals surface area contributed by atoms with E-state index in [4.69, 9.17) is 5.26 Å². The average molecular weight is 138 g/mol. The number of rotatable bonds is 0. The number of carbonyl (C=O) groups excluding carboxylic acids is 1. The molecule has 10 heavy (non-hydrogen) atoms. The van der Waals surface area contributed by atoms with Crippen LogP contribution in [0.5, 0.6) is 0 Å². The van der Waals surface area contributed by atoms with Gasteiger partial charge in [0.15, 0.2) is 0 Å². The molecule has 1 rings (SSSR count). The topological polar surface area (TPSA) is 44.1 Å². The molecule has 1 atom stereocenters. The normalized spacial score (nSPS) is 24.4. The van der Waals surface area contributed by atoms with Gasteiger partial charge in [-0.25, -0.2) is 0 Å². The van der Waals surface area contributed by atoms with Crippen LogP contribution >= 0.6 is 0 Å². The van der Waals surface area contributed by atoms with Gasteiger partial charge < -0.3 is 4.90 Å². The van der Waals surface area contributed by atoms with E-state index >= 15 is 0 Å². The second-order valence-corrected chi connectivity index (χ2v) is 2.50. The molecule has 0 N–H and O–H groups in total. The van der Waals surface area contributed by atoms with Crippen LogP contribution in [0.15, 0.2) is 0 Å². The van der Waals surface area contributed by atoms with E-state index in [1.54, 1.807) is 4.90 Å². The fraction of sp³-hybridized carbons (Fsp3) is 0.714. The predicted molar refractivity (Wildman–Crippen MR) is 36.0 cm³/mol. The van der Waals surface area contributed by atoms with Gasteiger partial charge in [-0.05, 0) is 12.8 Å². The number of nitriles is 1. The smallest absolute Gasteiger partial charge is 0.220 e. The molecule has 1 fully saturated rings. The first-order valence-corrected chi connectivity index (χ1v) is 3.42. The molecule has 54 valence electrons. The molecule has 0 aliphatic carbocycles. The third-order valence-electron chi connectivity index (χ3n) is 1.81. The number of amides is 1. The fourth-order valence-corrected chi connectivity index (χ4v) is 1.28. The van der Waals surface area contributed by atoms with Crippen molar-refractivity contribution in [2.75, 3.05) is 6.54 Å². The maximum atomic E-state index is 10.8. The highest BCUT2D eigenvalue weighted by molar-refractivity contribution is 5.74. The van der Waals surface area contributed by atoms with Crippen molar-refractivity contribution in [2.24, 2.45) is 0 Å². The minimum atomic E-state index is -0.155. The van der Waals surface area contributed by atoms with E-state index in [0.717, 1.165) is 19.4 Å². The highest BCUT2D eigenvalue weighted by atomic mass is 16.2. The molecule has 1 aliphatic heterocycles. The van der Waals surface area contributed by atoms with Crippen molar-refractivity contribution in [1.29, 1.82) is 5.26 Å². The van der Waals surface area contributed by atoms with Crippen LogP contribution in [0, 0.1) is 11.3 Å². The molecule has 1 unspecified atom stereocenters. The standard InChI is InChI=1S/C7H10N2O/c1-6(10)9-4-2-3-7(9)5-8/h7H,2-4H2,1H3. The Morgan fingerprint density at radius 1 is 1.80 bits per heavy atom. The number of hydrogen-bond acceptors (Lipinski definition) is 2. The minimum Gasteiger partial charge on any atom is -0.327 e. The zero-order valence-electron chi connectivity index (χ0n) is 6.00. The van der Waals surface area contributed by atoms with Crippen LogP contribution in [-0.2, 0) is 4.79 Å². The second kappa shape index (κ2) is 2.70. The molecule has 3 heteroatoms. The van der Waals surface area contributed by atoms with Crippen molar-refractivity contribution in [3.05, 3.63) is 0 Å². The van der Waals surface area contributed by atoms with Gasteiger partial charge >= 0.3 is 0 Å². The van der Waals surface area contributed by atoms with Crippen LogP contribution in [0.3, 0.4) is 0 Å². The molecule has 0 bridgehead atoms. The van der Waals surface area contributed by atoms with Gasteiger partial charge in [0.05, 0.1) is 6.07 Å². The zero-order chi connectivity index (χ0) is 7.56. The molecule has 1 aliphatic rings. The Morgan fingerprint density at radius 2 is 2.50 bits per heavy atom. The van der Waals surface area contributed by atoms with Gasteiger partial charge in [0.1, 0.15) is 6.04 Å². The van der Waals surface area contributed by atoms with Crippen molar-refractivity contribution in [3.63, 3.8) is 0 Å². The lowest BCUT2D eigenvalue weighted by Crippen LogP contribution is -2.32. The van der Waals surface area contributed by atoms with E-state index in [2.05, 4.69) is 6.07 Å². The quantitative estimate of drug-likeness (QED) is 0.490. The molecule has 1 heterocycles. The van der Waals surface area contributed by atoms with E-state index in [1.165, 1.54) is 6.92 Å². The molecule has 0 saturated carbocycles. The van der Waals surface area contributed by atoms with Gasteiger partial charge in [0.2, 0.25) is 5.91 Å².